The molecule has 0 saturated heterocycles. The van der Waals surface area contributed by atoms with Crippen LogP contribution in [0, 0.1) is 25.5 Å². The monoisotopic (exact) mass is 434 g/mol. The van der Waals surface area contributed by atoms with Crippen molar-refractivity contribution in [3.8, 4) is 0 Å². The number of thiazole rings is 1. The van der Waals surface area contributed by atoms with E-state index in [1.807, 2.05) is 26.0 Å². The fourth-order valence-electron chi connectivity index (χ4n) is 3.24. The summed E-state index contributed by atoms with van der Waals surface area (Å²) in [4.78, 5) is 30.9. The maximum Gasteiger partial charge on any atom is 0.305 e. The first-order valence-corrected chi connectivity index (χ1v) is 10.5. The SMILES string of the molecule is Cc1cc2c(cc1C)N(Cc1nc3cc(F)cc(F)c3s1)C(=O)C(CC(=O)O)S2. The Labute approximate surface area is 173 Å². The van der Waals surface area contributed by atoms with Crippen LogP contribution < -0.4 is 4.90 Å². The van der Waals surface area contributed by atoms with Crippen molar-refractivity contribution < 1.29 is 23.5 Å². The average Bonchev–Trinajstić information content (AvgIpc) is 3.03. The van der Waals surface area contributed by atoms with Crippen LogP contribution in [0.1, 0.15) is 22.6 Å². The molecule has 29 heavy (non-hydrogen) atoms. The summed E-state index contributed by atoms with van der Waals surface area (Å²) in [7, 11) is 0. The van der Waals surface area contributed by atoms with Crippen molar-refractivity contribution in [3.63, 3.8) is 0 Å². The number of aromatic nitrogens is 1. The summed E-state index contributed by atoms with van der Waals surface area (Å²) in [5.74, 6) is -2.80. The summed E-state index contributed by atoms with van der Waals surface area (Å²) >= 11 is 2.30. The van der Waals surface area contributed by atoms with Gasteiger partial charge >= 0.3 is 5.97 Å². The molecule has 1 aliphatic rings. The van der Waals surface area contributed by atoms with Crippen molar-refractivity contribution in [1.82, 2.24) is 4.98 Å². The minimum Gasteiger partial charge on any atom is -0.481 e. The molecule has 0 aliphatic carbocycles. The zero-order chi connectivity index (χ0) is 20.9. The van der Waals surface area contributed by atoms with Crippen LogP contribution in [0.4, 0.5) is 14.5 Å². The molecule has 3 aromatic rings. The Balaban J connectivity index is 1.76. The number of carbonyl (C=O) groups excluding carboxylic acids is 1. The van der Waals surface area contributed by atoms with Gasteiger partial charge in [0.25, 0.3) is 0 Å². The molecule has 2 aromatic carbocycles. The molecule has 0 spiro atoms. The third kappa shape index (κ3) is 3.72. The molecule has 4 rings (SSSR count). The molecule has 9 heteroatoms. The predicted molar refractivity (Wildman–Crippen MR) is 109 cm³/mol. The van der Waals surface area contributed by atoms with Crippen molar-refractivity contribution >= 4 is 50.9 Å². The molecule has 1 aliphatic heterocycles. The van der Waals surface area contributed by atoms with Crippen LogP contribution in [0.3, 0.4) is 0 Å². The van der Waals surface area contributed by atoms with Crippen LogP contribution in [0.5, 0.6) is 0 Å². The van der Waals surface area contributed by atoms with Gasteiger partial charge in [0.15, 0.2) is 0 Å². The normalized spacial score (nSPS) is 16.3. The predicted octanol–water partition coefficient (Wildman–Crippen LogP) is 4.67. The molecule has 1 atom stereocenters. The minimum absolute atomic E-state index is 0.0609. The number of benzene rings is 2. The fraction of sp³-hybridized carbons (Fsp3) is 0.250. The maximum absolute atomic E-state index is 14.0. The molecule has 0 radical (unpaired) electrons. The Kier molecular flexibility index (Phi) is 5.04. The Morgan fingerprint density at radius 1 is 1.21 bits per heavy atom. The summed E-state index contributed by atoms with van der Waals surface area (Å²) < 4.78 is 27.7. The smallest absolute Gasteiger partial charge is 0.305 e. The van der Waals surface area contributed by atoms with E-state index in [1.165, 1.54) is 16.7 Å². The van der Waals surface area contributed by atoms with Gasteiger partial charge in [-0.3, -0.25) is 9.59 Å². The van der Waals surface area contributed by atoms with E-state index in [0.29, 0.717) is 10.7 Å². The second-order valence-corrected chi connectivity index (χ2v) is 9.20. The standard InChI is InChI=1S/C20H16F2N2O3S2/c1-9-3-14-15(4-10(9)2)28-16(7-18(25)26)20(27)24(14)8-17-23-13-6-11(21)5-12(22)19(13)29-17/h3-6,16H,7-8H2,1-2H3,(H,25,26). The quantitative estimate of drug-likeness (QED) is 0.646. The number of hydrogen-bond acceptors (Lipinski definition) is 5. The molecule has 0 bridgehead atoms. The third-order valence-corrected chi connectivity index (χ3v) is 7.08. The first-order chi connectivity index (χ1) is 13.7. The van der Waals surface area contributed by atoms with Crippen LogP contribution in [0.15, 0.2) is 29.2 Å². The summed E-state index contributed by atoms with van der Waals surface area (Å²) in [5.41, 5.74) is 2.91. The molecular weight excluding hydrogens is 418 g/mol. The van der Waals surface area contributed by atoms with E-state index in [0.717, 1.165) is 39.5 Å². The van der Waals surface area contributed by atoms with Crippen molar-refractivity contribution in [2.24, 2.45) is 0 Å². The van der Waals surface area contributed by atoms with Gasteiger partial charge in [0.2, 0.25) is 5.91 Å². The number of hydrogen-bond donors (Lipinski definition) is 1. The van der Waals surface area contributed by atoms with Gasteiger partial charge < -0.3 is 10.0 Å². The molecule has 1 unspecified atom stereocenters. The summed E-state index contributed by atoms with van der Waals surface area (Å²) in [6.45, 7) is 3.95. The fourth-order valence-corrected chi connectivity index (χ4v) is 5.47. The number of amides is 1. The highest BCUT2D eigenvalue weighted by Gasteiger charge is 2.36. The van der Waals surface area contributed by atoms with Crippen molar-refractivity contribution in [1.29, 1.82) is 0 Å². The number of halogens is 2. The lowest BCUT2D eigenvalue weighted by Crippen LogP contribution is -2.41. The zero-order valence-electron chi connectivity index (χ0n) is 15.5. The molecular formula is C20H16F2N2O3S2. The molecule has 1 amide bonds. The summed E-state index contributed by atoms with van der Waals surface area (Å²) in [6.07, 6.45) is -0.300. The van der Waals surface area contributed by atoms with Gasteiger partial charge in [0.1, 0.15) is 16.6 Å². The van der Waals surface area contributed by atoms with Crippen molar-refractivity contribution in [2.45, 2.75) is 37.0 Å². The van der Waals surface area contributed by atoms with Crippen LogP contribution in [0.2, 0.25) is 0 Å². The summed E-state index contributed by atoms with van der Waals surface area (Å²) in [5, 5.41) is 8.88. The number of carbonyl (C=O) groups is 2. The highest BCUT2D eigenvalue weighted by Crippen LogP contribution is 2.43. The number of nitrogens with zero attached hydrogens (tertiary/aromatic N) is 2. The van der Waals surface area contributed by atoms with E-state index in [4.69, 9.17) is 0 Å². The van der Waals surface area contributed by atoms with E-state index in [-0.39, 0.29) is 29.1 Å². The van der Waals surface area contributed by atoms with Crippen LogP contribution >= 0.6 is 23.1 Å². The number of carboxylic acid groups (broad SMARTS) is 1. The number of rotatable bonds is 4. The Morgan fingerprint density at radius 2 is 1.93 bits per heavy atom. The summed E-state index contributed by atoms with van der Waals surface area (Å²) in [6, 6.07) is 5.79. The molecule has 2 heterocycles. The lowest BCUT2D eigenvalue weighted by Gasteiger charge is -2.33. The number of fused-ring (bicyclic) bond motifs is 2. The van der Waals surface area contributed by atoms with Gasteiger partial charge in [-0.05, 0) is 37.1 Å². The molecule has 5 nitrogen and oxygen atoms in total. The lowest BCUT2D eigenvalue weighted by molar-refractivity contribution is -0.138. The van der Waals surface area contributed by atoms with Crippen LogP contribution in [-0.2, 0) is 16.1 Å². The lowest BCUT2D eigenvalue weighted by atomic mass is 10.1. The van der Waals surface area contributed by atoms with Crippen LogP contribution in [0.25, 0.3) is 10.2 Å². The number of thioether (sulfide) groups is 1. The van der Waals surface area contributed by atoms with Gasteiger partial charge in [-0.15, -0.1) is 23.1 Å². The number of aryl methyl sites for hydroxylation is 2. The molecule has 150 valence electrons. The Hall–Kier alpha value is -2.52. The zero-order valence-corrected chi connectivity index (χ0v) is 17.2. The Bertz CT molecular complexity index is 1160. The molecule has 0 saturated carbocycles. The van der Waals surface area contributed by atoms with Gasteiger partial charge in [-0.1, -0.05) is 0 Å². The van der Waals surface area contributed by atoms with E-state index in [2.05, 4.69) is 4.98 Å². The van der Waals surface area contributed by atoms with E-state index >= 15 is 0 Å². The van der Waals surface area contributed by atoms with Crippen molar-refractivity contribution in [2.75, 3.05) is 4.90 Å². The second kappa shape index (κ2) is 7.38. The van der Waals surface area contributed by atoms with E-state index in [9.17, 15) is 23.5 Å². The van der Waals surface area contributed by atoms with E-state index < -0.39 is 22.9 Å². The Morgan fingerprint density at radius 3 is 2.66 bits per heavy atom. The minimum atomic E-state index is -1.05. The van der Waals surface area contributed by atoms with Gasteiger partial charge in [-0.25, -0.2) is 13.8 Å². The first kappa shape index (κ1) is 19.8. The third-order valence-electron chi connectivity index (χ3n) is 4.78. The maximum atomic E-state index is 14.0. The first-order valence-electron chi connectivity index (χ1n) is 8.78. The largest absolute Gasteiger partial charge is 0.481 e. The average molecular weight is 434 g/mol. The van der Waals surface area contributed by atoms with Crippen molar-refractivity contribution in [3.05, 3.63) is 52.0 Å². The van der Waals surface area contributed by atoms with Gasteiger partial charge in [-0.2, -0.15) is 0 Å². The van der Waals surface area contributed by atoms with Crippen LogP contribution in [-0.4, -0.2) is 27.2 Å². The number of carboxylic acids is 1. The van der Waals surface area contributed by atoms with E-state index in [1.54, 1.807) is 0 Å². The number of anilines is 1. The molecule has 1 N–H and O–H groups in total. The number of aliphatic carboxylic acids is 1. The molecule has 1 aromatic heterocycles. The topological polar surface area (TPSA) is 70.5 Å². The highest BCUT2D eigenvalue weighted by atomic mass is 32.2. The molecule has 0 fully saturated rings. The highest BCUT2D eigenvalue weighted by molar-refractivity contribution is 8.01. The van der Waals surface area contributed by atoms with Gasteiger partial charge in [0, 0.05) is 17.0 Å². The van der Waals surface area contributed by atoms with Gasteiger partial charge in [0.05, 0.1) is 34.1 Å². The second-order valence-electron chi connectivity index (χ2n) is 6.88.